The van der Waals surface area contributed by atoms with Crippen LogP contribution in [0.2, 0.25) is 0 Å². The fourth-order valence-corrected chi connectivity index (χ4v) is 2.17. The molecule has 0 saturated heterocycles. The van der Waals surface area contributed by atoms with E-state index in [0.29, 0.717) is 10.7 Å². The Labute approximate surface area is 112 Å². The van der Waals surface area contributed by atoms with Crippen LogP contribution < -0.4 is 0 Å². The zero-order valence-corrected chi connectivity index (χ0v) is 10.8. The number of aryl methyl sites for hydroxylation is 1. The summed E-state index contributed by atoms with van der Waals surface area (Å²) in [5, 5.41) is 18.7. The van der Waals surface area contributed by atoms with Gasteiger partial charge in [0.05, 0.1) is 10.7 Å². The highest BCUT2D eigenvalue weighted by molar-refractivity contribution is 7.99. The molecule has 0 spiro atoms. The first-order chi connectivity index (χ1) is 9.08. The van der Waals surface area contributed by atoms with Crippen molar-refractivity contribution in [1.82, 2.24) is 14.8 Å². The molecule has 0 aliphatic heterocycles. The van der Waals surface area contributed by atoms with Gasteiger partial charge in [-0.15, -0.1) is 10.2 Å². The summed E-state index contributed by atoms with van der Waals surface area (Å²) in [5.74, 6) is 0.104. The number of hydrogen-bond donors (Lipinski definition) is 0. The first-order valence-corrected chi connectivity index (χ1v) is 6.31. The van der Waals surface area contributed by atoms with Gasteiger partial charge in [0.15, 0.2) is 10.9 Å². The maximum absolute atomic E-state index is 11.9. The highest BCUT2D eigenvalue weighted by Crippen LogP contribution is 2.17. The molecule has 0 fully saturated rings. The van der Waals surface area contributed by atoms with Gasteiger partial charge in [0, 0.05) is 24.7 Å². The first kappa shape index (κ1) is 13.2. The van der Waals surface area contributed by atoms with Gasteiger partial charge in [-0.05, 0) is 12.1 Å². The molecule has 98 valence electrons. The van der Waals surface area contributed by atoms with Crippen LogP contribution in [-0.2, 0) is 7.05 Å². The minimum Gasteiger partial charge on any atom is -0.312 e. The van der Waals surface area contributed by atoms with Gasteiger partial charge in [0.25, 0.3) is 5.69 Å². The third-order valence-electron chi connectivity index (χ3n) is 2.40. The summed E-state index contributed by atoms with van der Waals surface area (Å²) in [7, 11) is 1.79. The Morgan fingerprint density at radius 2 is 2.11 bits per heavy atom. The second-order valence-electron chi connectivity index (χ2n) is 3.74. The molecule has 0 radical (unpaired) electrons. The Balaban J connectivity index is 2.00. The summed E-state index contributed by atoms with van der Waals surface area (Å²) >= 11 is 1.27. The summed E-state index contributed by atoms with van der Waals surface area (Å²) in [5.41, 5.74) is 0.415. The number of nitrogens with zero attached hydrogens (tertiary/aromatic N) is 4. The van der Waals surface area contributed by atoms with Crippen molar-refractivity contribution in [3.63, 3.8) is 0 Å². The number of hydrogen-bond acceptors (Lipinski definition) is 6. The quantitative estimate of drug-likeness (QED) is 0.358. The predicted molar refractivity (Wildman–Crippen MR) is 69.2 cm³/mol. The van der Waals surface area contributed by atoms with Crippen molar-refractivity contribution in [2.24, 2.45) is 7.05 Å². The Morgan fingerprint density at radius 3 is 2.63 bits per heavy atom. The number of thioether (sulfide) groups is 1. The van der Waals surface area contributed by atoms with E-state index < -0.39 is 4.92 Å². The second-order valence-corrected chi connectivity index (χ2v) is 4.68. The van der Waals surface area contributed by atoms with Crippen molar-refractivity contribution in [2.75, 3.05) is 5.75 Å². The number of ketones is 1. The molecule has 0 aliphatic carbocycles. The number of aromatic nitrogens is 3. The Hall–Kier alpha value is -2.22. The zero-order chi connectivity index (χ0) is 13.8. The molecular weight excluding hydrogens is 268 g/mol. The lowest BCUT2D eigenvalue weighted by atomic mass is 10.1. The molecule has 8 heteroatoms. The number of non-ortho nitro benzene ring substituents is 1. The van der Waals surface area contributed by atoms with Crippen LogP contribution in [0.3, 0.4) is 0 Å². The fourth-order valence-electron chi connectivity index (χ4n) is 1.39. The maximum Gasteiger partial charge on any atom is 0.269 e. The summed E-state index contributed by atoms with van der Waals surface area (Å²) in [6, 6.07) is 5.55. The SMILES string of the molecule is Cn1cnnc1SCC(=O)c1ccc([N+](=O)[O-])cc1. The Bertz CT molecular complexity index is 609. The second kappa shape index (κ2) is 5.61. The fraction of sp³-hybridized carbons (Fsp3) is 0.182. The van der Waals surface area contributed by atoms with Crippen molar-refractivity contribution in [1.29, 1.82) is 0 Å². The molecule has 0 bridgehead atoms. The van der Waals surface area contributed by atoms with Gasteiger partial charge in [-0.3, -0.25) is 14.9 Å². The lowest BCUT2D eigenvalue weighted by molar-refractivity contribution is -0.384. The third-order valence-corrected chi connectivity index (χ3v) is 3.44. The molecule has 19 heavy (non-hydrogen) atoms. The number of benzene rings is 1. The molecule has 0 amide bonds. The van der Waals surface area contributed by atoms with Crippen LogP contribution in [0.4, 0.5) is 5.69 Å². The van der Waals surface area contributed by atoms with Crippen LogP contribution in [0.5, 0.6) is 0 Å². The van der Waals surface area contributed by atoms with Gasteiger partial charge in [0.2, 0.25) is 0 Å². The number of Topliss-reactive ketones (excluding diaryl/α,β-unsaturated/α-hetero) is 1. The average Bonchev–Trinajstić information content (AvgIpc) is 2.81. The average molecular weight is 278 g/mol. The molecule has 0 N–H and O–H groups in total. The van der Waals surface area contributed by atoms with E-state index in [1.165, 1.54) is 36.0 Å². The molecule has 0 unspecified atom stereocenters. The van der Waals surface area contributed by atoms with Crippen LogP contribution >= 0.6 is 11.8 Å². The van der Waals surface area contributed by atoms with E-state index in [4.69, 9.17) is 0 Å². The number of carbonyl (C=O) groups excluding carboxylic acids is 1. The Morgan fingerprint density at radius 1 is 1.42 bits per heavy atom. The molecule has 0 atom stereocenters. The Kier molecular flexibility index (Phi) is 3.91. The molecule has 0 aliphatic rings. The topological polar surface area (TPSA) is 90.9 Å². The minimum atomic E-state index is -0.497. The molecule has 1 aromatic carbocycles. The summed E-state index contributed by atoms with van der Waals surface area (Å²) < 4.78 is 1.72. The number of nitro benzene ring substituents is 1. The van der Waals surface area contributed by atoms with Crippen molar-refractivity contribution in [3.05, 3.63) is 46.3 Å². The molecule has 7 nitrogen and oxygen atoms in total. The summed E-state index contributed by atoms with van der Waals surface area (Å²) in [6.07, 6.45) is 1.55. The van der Waals surface area contributed by atoms with Gasteiger partial charge in [-0.25, -0.2) is 0 Å². The number of nitro groups is 1. The van der Waals surface area contributed by atoms with Crippen molar-refractivity contribution >= 4 is 23.2 Å². The molecule has 1 aromatic heterocycles. The van der Waals surface area contributed by atoms with E-state index in [-0.39, 0.29) is 17.2 Å². The van der Waals surface area contributed by atoms with Crippen LogP contribution in [-0.4, -0.2) is 31.2 Å². The predicted octanol–water partition coefficient (Wildman–Crippen LogP) is 1.70. The number of carbonyl (C=O) groups is 1. The highest BCUT2D eigenvalue weighted by atomic mass is 32.2. The summed E-state index contributed by atoms with van der Waals surface area (Å²) in [6.45, 7) is 0. The van der Waals surface area contributed by atoms with Gasteiger partial charge < -0.3 is 4.57 Å². The largest absolute Gasteiger partial charge is 0.312 e. The molecular formula is C11H10N4O3S. The lowest BCUT2D eigenvalue weighted by Gasteiger charge is -2.00. The highest BCUT2D eigenvalue weighted by Gasteiger charge is 2.11. The van der Waals surface area contributed by atoms with E-state index in [1.54, 1.807) is 17.9 Å². The van der Waals surface area contributed by atoms with E-state index >= 15 is 0 Å². The van der Waals surface area contributed by atoms with E-state index in [2.05, 4.69) is 10.2 Å². The van der Waals surface area contributed by atoms with E-state index in [9.17, 15) is 14.9 Å². The van der Waals surface area contributed by atoms with Gasteiger partial charge in [-0.2, -0.15) is 0 Å². The van der Waals surface area contributed by atoms with Crippen molar-refractivity contribution in [3.8, 4) is 0 Å². The first-order valence-electron chi connectivity index (χ1n) is 5.32. The van der Waals surface area contributed by atoms with Crippen LogP contribution in [0.15, 0.2) is 35.7 Å². The minimum absolute atomic E-state index is 0.0301. The molecule has 0 saturated carbocycles. The smallest absolute Gasteiger partial charge is 0.269 e. The zero-order valence-electron chi connectivity index (χ0n) is 10.0. The molecule has 1 heterocycles. The van der Waals surface area contributed by atoms with Gasteiger partial charge >= 0.3 is 0 Å². The summed E-state index contributed by atoms with van der Waals surface area (Å²) in [4.78, 5) is 21.9. The number of rotatable bonds is 5. The van der Waals surface area contributed by atoms with E-state index in [0.717, 1.165) is 0 Å². The van der Waals surface area contributed by atoms with Crippen LogP contribution in [0.25, 0.3) is 0 Å². The van der Waals surface area contributed by atoms with Crippen LogP contribution in [0.1, 0.15) is 10.4 Å². The van der Waals surface area contributed by atoms with Crippen molar-refractivity contribution < 1.29 is 9.72 Å². The van der Waals surface area contributed by atoms with Gasteiger partial charge in [-0.1, -0.05) is 11.8 Å². The lowest BCUT2D eigenvalue weighted by Crippen LogP contribution is -2.03. The maximum atomic E-state index is 11.9. The normalized spacial score (nSPS) is 10.4. The molecule has 2 aromatic rings. The molecule has 2 rings (SSSR count). The third kappa shape index (κ3) is 3.16. The standard InChI is InChI=1S/C11H10N4O3S/c1-14-7-12-13-11(14)19-6-10(16)8-2-4-9(5-3-8)15(17)18/h2-5,7H,6H2,1H3. The van der Waals surface area contributed by atoms with Crippen molar-refractivity contribution in [2.45, 2.75) is 5.16 Å². The van der Waals surface area contributed by atoms with Gasteiger partial charge in [0.1, 0.15) is 6.33 Å². The van der Waals surface area contributed by atoms with Crippen LogP contribution in [0, 0.1) is 10.1 Å². The van der Waals surface area contributed by atoms with E-state index in [1.807, 2.05) is 0 Å². The monoisotopic (exact) mass is 278 g/mol.